The molecule has 0 aliphatic carbocycles. The molecule has 0 saturated heterocycles. The number of aromatic amines is 1. The molecule has 2 N–H and O–H groups in total. The highest BCUT2D eigenvalue weighted by Gasteiger charge is 2.21. The number of benzene rings is 2. The highest BCUT2D eigenvalue weighted by atomic mass is 35.5. The molecule has 0 aliphatic heterocycles. The summed E-state index contributed by atoms with van der Waals surface area (Å²) in [5, 5.41) is 3.38. The van der Waals surface area contributed by atoms with Crippen molar-refractivity contribution in [2.75, 3.05) is 0 Å². The minimum Gasteiger partial charge on any atom is -0.426 e. The van der Waals surface area contributed by atoms with E-state index in [1.165, 1.54) is 13.0 Å². The number of amides is 1. The van der Waals surface area contributed by atoms with Crippen LogP contribution in [0.15, 0.2) is 83.8 Å². The van der Waals surface area contributed by atoms with Crippen molar-refractivity contribution in [3.05, 3.63) is 99.9 Å². The summed E-state index contributed by atoms with van der Waals surface area (Å²) < 4.78 is 7.47. The van der Waals surface area contributed by atoms with Crippen LogP contribution in [0.3, 0.4) is 0 Å². The first-order valence-electron chi connectivity index (χ1n) is 11.6. The van der Waals surface area contributed by atoms with Crippen molar-refractivity contribution in [3.8, 4) is 28.7 Å². The molecule has 0 saturated carbocycles. The van der Waals surface area contributed by atoms with Crippen molar-refractivity contribution in [3.63, 3.8) is 0 Å². The van der Waals surface area contributed by atoms with Crippen LogP contribution >= 0.6 is 11.6 Å². The molecule has 0 radical (unpaired) electrons. The van der Waals surface area contributed by atoms with E-state index in [9.17, 15) is 9.59 Å². The zero-order chi connectivity index (χ0) is 26.2. The van der Waals surface area contributed by atoms with Crippen LogP contribution in [0, 0.1) is 0 Å². The molecular formula is C28H24ClN5O3. The van der Waals surface area contributed by atoms with Gasteiger partial charge in [-0.2, -0.15) is 4.98 Å². The van der Waals surface area contributed by atoms with Gasteiger partial charge in [0, 0.05) is 30.4 Å². The quantitative estimate of drug-likeness (QED) is 0.308. The lowest BCUT2D eigenvalue weighted by Gasteiger charge is -2.26. The van der Waals surface area contributed by atoms with Crippen molar-refractivity contribution in [2.45, 2.75) is 26.3 Å². The standard InChI is InChI=1S/C28H24ClN5O3/c1-17(35)33-28(2,3)19-9-13-21(14-10-19)37-27-30-23-16-22(29)25(31-26(23)32-27)18-7-11-20(12-8-18)34-15-5-4-6-24(34)36/h4-16H,1-3H3,(H,33,35)(H,30,31,32). The number of hydrogen-bond donors (Lipinski definition) is 2. The number of imidazole rings is 1. The number of H-pyrrole nitrogens is 1. The maximum atomic E-state index is 12.1. The fraction of sp³-hybridized carbons (Fsp3) is 0.143. The lowest BCUT2D eigenvalue weighted by atomic mass is 9.94. The van der Waals surface area contributed by atoms with Crippen LogP contribution in [0.2, 0.25) is 5.02 Å². The number of carbonyl (C=O) groups excluding carboxylic acids is 1. The van der Waals surface area contributed by atoms with E-state index in [2.05, 4.69) is 20.3 Å². The Bertz CT molecular complexity index is 1650. The van der Waals surface area contributed by atoms with Crippen LogP contribution in [0.25, 0.3) is 28.1 Å². The number of ether oxygens (including phenoxy) is 1. The Hall–Kier alpha value is -4.43. The van der Waals surface area contributed by atoms with Crippen LogP contribution in [0.4, 0.5) is 0 Å². The molecule has 0 fully saturated rings. The Morgan fingerprint density at radius 3 is 2.43 bits per heavy atom. The fourth-order valence-electron chi connectivity index (χ4n) is 4.13. The van der Waals surface area contributed by atoms with Gasteiger partial charge in [-0.15, -0.1) is 0 Å². The SMILES string of the molecule is CC(=O)NC(C)(C)c1ccc(Oc2nc3nc(-c4ccc(-n5ccccc5=O)cc4)c(Cl)cc3[nH]2)cc1. The summed E-state index contributed by atoms with van der Waals surface area (Å²) in [6, 6.07) is 21.9. The van der Waals surface area contributed by atoms with Gasteiger partial charge in [-0.1, -0.05) is 41.9 Å². The minimum atomic E-state index is -0.504. The van der Waals surface area contributed by atoms with Crippen LogP contribution in [-0.2, 0) is 10.3 Å². The third-order valence-corrected chi connectivity index (χ3v) is 6.21. The Kier molecular flexibility index (Phi) is 6.27. The van der Waals surface area contributed by atoms with E-state index in [1.807, 2.05) is 62.4 Å². The first-order valence-corrected chi connectivity index (χ1v) is 12.0. The zero-order valence-electron chi connectivity index (χ0n) is 20.4. The highest BCUT2D eigenvalue weighted by molar-refractivity contribution is 6.33. The molecule has 5 rings (SSSR count). The normalized spacial score (nSPS) is 11.5. The number of nitrogens with zero attached hydrogens (tertiary/aromatic N) is 3. The number of carbonyl (C=O) groups is 1. The number of fused-ring (bicyclic) bond motifs is 1. The summed E-state index contributed by atoms with van der Waals surface area (Å²) in [6.45, 7) is 5.37. The summed E-state index contributed by atoms with van der Waals surface area (Å²) >= 11 is 6.55. The molecule has 0 aliphatic rings. The van der Waals surface area contributed by atoms with Crippen LogP contribution in [-0.4, -0.2) is 25.4 Å². The minimum absolute atomic E-state index is 0.0965. The van der Waals surface area contributed by atoms with Gasteiger partial charge >= 0.3 is 6.01 Å². The van der Waals surface area contributed by atoms with Crippen LogP contribution in [0.5, 0.6) is 11.8 Å². The van der Waals surface area contributed by atoms with E-state index in [0.29, 0.717) is 27.6 Å². The molecule has 0 atom stereocenters. The third kappa shape index (κ3) is 5.10. The largest absolute Gasteiger partial charge is 0.426 e. The predicted molar refractivity (Wildman–Crippen MR) is 143 cm³/mol. The van der Waals surface area contributed by atoms with Crippen molar-refractivity contribution >= 4 is 28.7 Å². The number of halogens is 1. The number of aromatic nitrogens is 4. The Morgan fingerprint density at radius 1 is 1.03 bits per heavy atom. The molecule has 5 aromatic rings. The number of hydrogen-bond acceptors (Lipinski definition) is 5. The summed E-state index contributed by atoms with van der Waals surface area (Å²) in [5.41, 5.74) is 3.54. The monoisotopic (exact) mass is 513 g/mol. The van der Waals surface area contributed by atoms with Crippen LogP contribution < -0.4 is 15.6 Å². The van der Waals surface area contributed by atoms with Gasteiger partial charge in [0.2, 0.25) is 5.91 Å². The van der Waals surface area contributed by atoms with Gasteiger partial charge in [-0.25, -0.2) is 4.98 Å². The Balaban J connectivity index is 1.38. The molecule has 37 heavy (non-hydrogen) atoms. The average molecular weight is 514 g/mol. The molecule has 0 spiro atoms. The second-order valence-electron chi connectivity index (χ2n) is 9.12. The van der Waals surface area contributed by atoms with E-state index in [4.69, 9.17) is 16.3 Å². The van der Waals surface area contributed by atoms with Crippen molar-refractivity contribution in [1.29, 1.82) is 0 Å². The molecular weight excluding hydrogens is 490 g/mol. The molecule has 3 heterocycles. The predicted octanol–water partition coefficient (Wildman–Crippen LogP) is 5.59. The molecule has 3 aromatic heterocycles. The zero-order valence-corrected chi connectivity index (χ0v) is 21.2. The topological polar surface area (TPSA) is 102 Å². The highest BCUT2D eigenvalue weighted by Crippen LogP contribution is 2.31. The van der Waals surface area contributed by atoms with Gasteiger partial charge < -0.3 is 15.0 Å². The number of nitrogens with one attached hydrogen (secondary N) is 2. The Labute approximate surface area is 217 Å². The molecule has 186 valence electrons. The van der Waals surface area contributed by atoms with Crippen molar-refractivity contribution in [2.24, 2.45) is 0 Å². The Morgan fingerprint density at radius 2 is 1.76 bits per heavy atom. The molecule has 8 nitrogen and oxygen atoms in total. The smallest absolute Gasteiger partial charge is 0.301 e. The summed E-state index contributed by atoms with van der Waals surface area (Å²) in [4.78, 5) is 35.8. The molecule has 9 heteroatoms. The van der Waals surface area contributed by atoms with Gasteiger partial charge in [-0.05, 0) is 55.8 Å². The molecule has 1 amide bonds. The first-order chi connectivity index (χ1) is 17.7. The van der Waals surface area contributed by atoms with Crippen LogP contribution in [0.1, 0.15) is 26.3 Å². The van der Waals surface area contributed by atoms with E-state index in [1.54, 1.807) is 29.0 Å². The second-order valence-corrected chi connectivity index (χ2v) is 9.53. The fourth-order valence-corrected chi connectivity index (χ4v) is 4.39. The molecule has 0 unspecified atom stereocenters. The average Bonchev–Trinajstić information content (AvgIpc) is 3.24. The second kappa shape index (κ2) is 9.55. The van der Waals surface area contributed by atoms with E-state index >= 15 is 0 Å². The summed E-state index contributed by atoms with van der Waals surface area (Å²) in [5.74, 6) is 0.486. The lowest BCUT2D eigenvalue weighted by molar-refractivity contribution is -0.120. The number of pyridine rings is 2. The van der Waals surface area contributed by atoms with E-state index in [0.717, 1.165) is 16.8 Å². The van der Waals surface area contributed by atoms with Gasteiger partial charge in [0.15, 0.2) is 5.65 Å². The number of rotatable bonds is 6. The maximum absolute atomic E-state index is 12.1. The summed E-state index contributed by atoms with van der Waals surface area (Å²) in [7, 11) is 0. The lowest BCUT2D eigenvalue weighted by Crippen LogP contribution is -2.39. The van der Waals surface area contributed by atoms with Gasteiger partial charge in [0.05, 0.1) is 21.8 Å². The van der Waals surface area contributed by atoms with Gasteiger partial charge in [0.25, 0.3) is 5.56 Å². The summed E-state index contributed by atoms with van der Waals surface area (Å²) in [6.07, 6.45) is 1.72. The van der Waals surface area contributed by atoms with E-state index < -0.39 is 5.54 Å². The third-order valence-electron chi connectivity index (χ3n) is 5.93. The van der Waals surface area contributed by atoms with Crippen molar-refractivity contribution < 1.29 is 9.53 Å². The van der Waals surface area contributed by atoms with Gasteiger partial charge in [-0.3, -0.25) is 14.2 Å². The maximum Gasteiger partial charge on any atom is 0.301 e. The van der Waals surface area contributed by atoms with Crippen molar-refractivity contribution in [1.82, 2.24) is 24.8 Å². The molecule has 2 aromatic carbocycles. The molecule has 0 bridgehead atoms. The van der Waals surface area contributed by atoms with Gasteiger partial charge in [0.1, 0.15) is 5.75 Å². The first kappa shape index (κ1) is 24.3. The van der Waals surface area contributed by atoms with E-state index in [-0.39, 0.29) is 17.5 Å².